The van der Waals surface area contributed by atoms with Crippen LogP contribution in [0.1, 0.15) is 74.9 Å². The second-order valence-corrected chi connectivity index (χ2v) is 10.1. The summed E-state index contributed by atoms with van der Waals surface area (Å²) in [6.07, 6.45) is 9.27. The topological polar surface area (TPSA) is 102 Å². The smallest absolute Gasteiger partial charge is 0.276 e. The molecule has 0 amide bonds. The van der Waals surface area contributed by atoms with Gasteiger partial charge >= 0.3 is 0 Å². The van der Waals surface area contributed by atoms with Crippen molar-refractivity contribution in [2.24, 2.45) is 16.0 Å². The number of nitrogens with zero attached hydrogens (tertiary/aromatic N) is 3. The molecule has 0 radical (unpaired) electrons. The van der Waals surface area contributed by atoms with Gasteiger partial charge in [0.25, 0.3) is 10.2 Å². The first kappa shape index (κ1) is 15.3. The summed E-state index contributed by atoms with van der Waals surface area (Å²) in [7, 11) is -3.56. The second kappa shape index (κ2) is 4.80. The van der Waals surface area contributed by atoms with Gasteiger partial charge in [-0.25, -0.2) is 5.14 Å². The standard InChI is InChI=1S/C16H24N4O3S/c17-24(21,22)20-6-4-16(5-7-20)10-12(16)13-18-14(23-19-13)11-8-15(9-11)2-1-3-15/h11-12H,1-10H2,(H2,17,21,22)/t12-/m0/s1. The Balaban J connectivity index is 1.22. The highest BCUT2D eigenvalue weighted by molar-refractivity contribution is 7.86. The number of aromatic nitrogens is 2. The van der Waals surface area contributed by atoms with Crippen LogP contribution in [0.4, 0.5) is 0 Å². The maximum absolute atomic E-state index is 11.4. The first-order valence-corrected chi connectivity index (χ1v) is 10.5. The lowest BCUT2D eigenvalue weighted by Gasteiger charge is -2.53. The molecule has 132 valence electrons. The zero-order chi connectivity index (χ0) is 16.6. The molecule has 24 heavy (non-hydrogen) atoms. The van der Waals surface area contributed by atoms with E-state index in [0.29, 0.717) is 30.3 Å². The molecule has 1 aromatic heterocycles. The Morgan fingerprint density at radius 3 is 2.42 bits per heavy atom. The van der Waals surface area contributed by atoms with Gasteiger partial charge in [-0.3, -0.25) is 0 Å². The normalized spacial score (nSPS) is 31.8. The molecule has 4 fully saturated rings. The van der Waals surface area contributed by atoms with Crippen molar-refractivity contribution in [3.05, 3.63) is 11.7 Å². The molecular formula is C16H24N4O3S. The third kappa shape index (κ3) is 2.26. The summed E-state index contributed by atoms with van der Waals surface area (Å²) in [6.45, 7) is 1.01. The van der Waals surface area contributed by atoms with Gasteiger partial charge in [0.2, 0.25) is 5.89 Å². The molecule has 2 spiro atoms. The molecule has 1 atom stereocenters. The Labute approximate surface area is 142 Å². The van der Waals surface area contributed by atoms with E-state index >= 15 is 0 Å². The molecule has 5 rings (SSSR count). The Hall–Kier alpha value is -0.990. The predicted molar refractivity (Wildman–Crippen MR) is 86.3 cm³/mol. The molecule has 3 saturated carbocycles. The summed E-state index contributed by atoms with van der Waals surface area (Å²) in [6, 6.07) is 0. The first-order chi connectivity index (χ1) is 11.4. The maximum Gasteiger partial charge on any atom is 0.276 e. The van der Waals surface area contributed by atoms with E-state index in [-0.39, 0.29) is 5.41 Å². The monoisotopic (exact) mass is 352 g/mol. The zero-order valence-corrected chi connectivity index (χ0v) is 14.6. The highest BCUT2D eigenvalue weighted by atomic mass is 32.2. The third-order valence-electron chi connectivity index (χ3n) is 7.16. The summed E-state index contributed by atoms with van der Waals surface area (Å²) in [5.74, 6) is 2.45. The SMILES string of the molecule is NS(=O)(=O)N1CCC2(CC1)C[C@H]2c1noc(C2CC3(CCC3)C2)n1. The summed E-state index contributed by atoms with van der Waals surface area (Å²) < 4.78 is 29.8. The maximum atomic E-state index is 11.4. The van der Waals surface area contributed by atoms with E-state index in [0.717, 1.165) is 31.0 Å². The Morgan fingerprint density at radius 2 is 1.83 bits per heavy atom. The van der Waals surface area contributed by atoms with E-state index in [4.69, 9.17) is 14.6 Å². The van der Waals surface area contributed by atoms with E-state index < -0.39 is 10.2 Å². The minimum absolute atomic E-state index is 0.164. The molecule has 2 N–H and O–H groups in total. The fraction of sp³-hybridized carbons (Fsp3) is 0.875. The highest BCUT2D eigenvalue weighted by Gasteiger charge is 2.58. The summed E-state index contributed by atoms with van der Waals surface area (Å²) in [4.78, 5) is 4.70. The van der Waals surface area contributed by atoms with Crippen LogP contribution >= 0.6 is 0 Å². The molecule has 0 bridgehead atoms. The van der Waals surface area contributed by atoms with Gasteiger partial charge in [0, 0.05) is 24.9 Å². The highest BCUT2D eigenvalue weighted by Crippen LogP contribution is 2.65. The lowest BCUT2D eigenvalue weighted by atomic mass is 9.52. The van der Waals surface area contributed by atoms with Gasteiger partial charge in [-0.1, -0.05) is 11.6 Å². The van der Waals surface area contributed by atoms with Gasteiger partial charge in [0.1, 0.15) is 0 Å². The molecule has 8 heteroatoms. The van der Waals surface area contributed by atoms with E-state index in [1.54, 1.807) is 0 Å². The lowest BCUT2D eigenvalue weighted by Crippen LogP contribution is -2.43. The van der Waals surface area contributed by atoms with Crippen molar-refractivity contribution >= 4 is 10.2 Å². The molecule has 0 aromatic carbocycles. The van der Waals surface area contributed by atoms with Crippen LogP contribution in [0.2, 0.25) is 0 Å². The van der Waals surface area contributed by atoms with Crippen LogP contribution in [0.3, 0.4) is 0 Å². The minimum atomic E-state index is -3.56. The predicted octanol–water partition coefficient (Wildman–Crippen LogP) is 1.89. The third-order valence-corrected chi connectivity index (χ3v) is 8.24. The average molecular weight is 352 g/mol. The van der Waals surface area contributed by atoms with E-state index in [2.05, 4.69) is 5.16 Å². The van der Waals surface area contributed by atoms with Crippen LogP contribution in [-0.2, 0) is 10.2 Å². The summed E-state index contributed by atoms with van der Waals surface area (Å²) in [5.41, 5.74) is 0.776. The summed E-state index contributed by atoms with van der Waals surface area (Å²) >= 11 is 0. The molecule has 1 aromatic rings. The van der Waals surface area contributed by atoms with Crippen LogP contribution in [0, 0.1) is 10.8 Å². The largest absolute Gasteiger partial charge is 0.339 e. The van der Waals surface area contributed by atoms with Gasteiger partial charge in [0.05, 0.1) is 0 Å². The van der Waals surface area contributed by atoms with Gasteiger partial charge in [-0.05, 0) is 55.8 Å². The average Bonchev–Trinajstić information content (AvgIpc) is 2.91. The fourth-order valence-electron chi connectivity index (χ4n) is 5.25. The zero-order valence-electron chi connectivity index (χ0n) is 13.8. The van der Waals surface area contributed by atoms with Crippen molar-refractivity contribution in [2.45, 2.75) is 63.2 Å². The molecule has 3 aliphatic carbocycles. The van der Waals surface area contributed by atoms with Gasteiger partial charge in [0.15, 0.2) is 5.82 Å². The molecule has 4 aliphatic rings. The van der Waals surface area contributed by atoms with Crippen molar-refractivity contribution in [3.8, 4) is 0 Å². The van der Waals surface area contributed by atoms with Crippen LogP contribution in [0.15, 0.2) is 4.52 Å². The van der Waals surface area contributed by atoms with Crippen molar-refractivity contribution in [1.82, 2.24) is 14.4 Å². The van der Waals surface area contributed by atoms with Crippen molar-refractivity contribution in [2.75, 3.05) is 13.1 Å². The van der Waals surface area contributed by atoms with Crippen LogP contribution in [0.5, 0.6) is 0 Å². The first-order valence-electron chi connectivity index (χ1n) is 9.01. The number of hydrogen-bond acceptors (Lipinski definition) is 5. The second-order valence-electron chi connectivity index (χ2n) is 8.51. The van der Waals surface area contributed by atoms with Gasteiger partial charge in [-0.15, -0.1) is 0 Å². The van der Waals surface area contributed by atoms with E-state index in [9.17, 15) is 8.42 Å². The Bertz CT molecular complexity index is 754. The quantitative estimate of drug-likeness (QED) is 0.895. The summed E-state index contributed by atoms with van der Waals surface area (Å²) in [5, 5.41) is 9.47. The van der Waals surface area contributed by atoms with Gasteiger partial charge < -0.3 is 4.52 Å². The lowest BCUT2D eigenvalue weighted by molar-refractivity contribution is -0.00166. The Kier molecular flexibility index (Phi) is 3.05. The van der Waals surface area contributed by atoms with Crippen molar-refractivity contribution in [1.29, 1.82) is 0 Å². The number of rotatable bonds is 3. The molecule has 7 nitrogen and oxygen atoms in total. The van der Waals surface area contributed by atoms with Crippen LogP contribution < -0.4 is 5.14 Å². The Morgan fingerprint density at radius 1 is 1.12 bits per heavy atom. The van der Waals surface area contributed by atoms with Crippen molar-refractivity contribution < 1.29 is 12.9 Å². The number of piperidine rings is 1. The van der Waals surface area contributed by atoms with Crippen LogP contribution in [0.25, 0.3) is 0 Å². The van der Waals surface area contributed by atoms with Crippen molar-refractivity contribution in [3.63, 3.8) is 0 Å². The minimum Gasteiger partial charge on any atom is -0.339 e. The van der Waals surface area contributed by atoms with E-state index in [1.807, 2.05) is 0 Å². The molecule has 1 aliphatic heterocycles. The van der Waals surface area contributed by atoms with E-state index in [1.165, 1.54) is 36.4 Å². The molecule has 0 unspecified atom stereocenters. The van der Waals surface area contributed by atoms with Crippen LogP contribution in [-0.4, -0.2) is 36.0 Å². The molecular weight excluding hydrogens is 328 g/mol. The fourth-order valence-corrected chi connectivity index (χ4v) is 5.94. The number of hydrogen-bond donors (Lipinski definition) is 1. The molecule has 1 saturated heterocycles. The number of nitrogens with two attached hydrogens (primary N) is 1. The van der Waals surface area contributed by atoms with Gasteiger partial charge in [-0.2, -0.15) is 17.7 Å². The molecule has 2 heterocycles.